The standard InChI is InChI=1S/C23H23FN2O3/c1-15-21(23(25)28)22(17-9-6-10-18(24)13-17)19(11-12-20(27)29-2)26(15)14-16-7-4-3-5-8-16/h3-10,13H,11-12,14H2,1-2H3,(H2,25,28). The molecule has 1 aromatic heterocycles. The summed E-state index contributed by atoms with van der Waals surface area (Å²) in [5, 5.41) is 0. The van der Waals surface area contributed by atoms with Crippen LogP contribution in [0.4, 0.5) is 4.39 Å². The minimum atomic E-state index is -0.590. The number of carbonyl (C=O) groups excluding carboxylic acids is 2. The molecule has 1 amide bonds. The molecule has 0 saturated heterocycles. The second kappa shape index (κ2) is 8.73. The summed E-state index contributed by atoms with van der Waals surface area (Å²) < 4.78 is 20.7. The lowest BCUT2D eigenvalue weighted by Crippen LogP contribution is -2.13. The van der Waals surface area contributed by atoms with E-state index in [2.05, 4.69) is 0 Å². The molecule has 0 saturated carbocycles. The lowest BCUT2D eigenvalue weighted by molar-refractivity contribution is -0.140. The first-order chi connectivity index (χ1) is 13.9. The number of ether oxygens (including phenoxy) is 1. The number of hydrogen-bond donors (Lipinski definition) is 1. The number of aromatic nitrogens is 1. The van der Waals surface area contributed by atoms with Gasteiger partial charge in [-0.2, -0.15) is 0 Å². The van der Waals surface area contributed by atoms with E-state index < -0.39 is 11.7 Å². The maximum absolute atomic E-state index is 13.9. The number of esters is 1. The molecular weight excluding hydrogens is 371 g/mol. The van der Waals surface area contributed by atoms with Gasteiger partial charge in [-0.3, -0.25) is 9.59 Å². The number of methoxy groups -OCH3 is 1. The topological polar surface area (TPSA) is 74.3 Å². The average molecular weight is 394 g/mol. The fraction of sp³-hybridized carbons (Fsp3) is 0.217. The summed E-state index contributed by atoms with van der Waals surface area (Å²) in [5.74, 6) is -1.36. The second-order valence-corrected chi connectivity index (χ2v) is 6.80. The Morgan fingerprint density at radius 1 is 1.10 bits per heavy atom. The Morgan fingerprint density at radius 3 is 2.45 bits per heavy atom. The lowest BCUT2D eigenvalue weighted by atomic mass is 9.98. The van der Waals surface area contributed by atoms with Crippen molar-refractivity contribution in [3.63, 3.8) is 0 Å². The Balaban J connectivity index is 2.21. The van der Waals surface area contributed by atoms with E-state index in [1.165, 1.54) is 19.2 Å². The van der Waals surface area contributed by atoms with E-state index in [0.29, 0.717) is 35.3 Å². The Kier molecular flexibility index (Phi) is 6.12. The summed E-state index contributed by atoms with van der Waals surface area (Å²) in [5.41, 5.74) is 9.63. The highest BCUT2D eigenvalue weighted by molar-refractivity contribution is 6.02. The van der Waals surface area contributed by atoms with Crippen LogP contribution in [0.3, 0.4) is 0 Å². The number of carbonyl (C=O) groups is 2. The summed E-state index contributed by atoms with van der Waals surface area (Å²) >= 11 is 0. The molecule has 29 heavy (non-hydrogen) atoms. The van der Waals surface area contributed by atoms with Crippen molar-refractivity contribution in [2.45, 2.75) is 26.3 Å². The third-order valence-electron chi connectivity index (χ3n) is 4.97. The van der Waals surface area contributed by atoms with Gasteiger partial charge in [0.25, 0.3) is 5.91 Å². The number of amides is 1. The van der Waals surface area contributed by atoms with Crippen molar-refractivity contribution in [2.75, 3.05) is 7.11 Å². The van der Waals surface area contributed by atoms with Crippen LogP contribution in [-0.4, -0.2) is 23.6 Å². The first kappa shape index (κ1) is 20.3. The quantitative estimate of drug-likeness (QED) is 0.619. The Bertz CT molecular complexity index is 1040. The van der Waals surface area contributed by atoms with Crippen molar-refractivity contribution in [3.05, 3.63) is 82.9 Å². The molecule has 0 aliphatic carbocycles. The van der Waals surface area contributed by atoms with E-state index >= 15 is 0 Å². The zero-order valence-electron chi connectivity index (χ0n) is 16.4. The largest absolute Gasteiger partial charge is 0.469 e. The van der Waals surface area contributed by atoms with Gasteiger partial charge in [0.05, 0.1) is 19.1 Å². The van der Waals surface area contributed by atoms with Gasteiger partial charge in [-0.15, -0.1) is 0 Å². The molecule has 3 aromatic rings. The van der Waals surface area contributed by atoms with Crippen LogP contribution in [0, 0.1) is 12.7 Å². The van der Waals surface area contributed by atoms with Crippen LogP contribution in [0.2, 0.25) is 0 Å². The molecule has 1 heterocycles. The smallest absolute Gasteiger partial charge is 0.305 e. The number of halogens is 1. The maximum Gasteiger partial charge on any atom is 0.305 e. The third kappa shape index (κ3) is 4.37. The van der Waals surface area contributed by atoms with Crippen molar-refractivity contribution >= 4 is 11.9 Å². The van der Waals surface area contributed by atoms with Gasteiger partial charge in [-0.25, -0.2) is 4.39 Å². The van der Waals surface area contributed by atoms with Gasteiger partial charge in [0.15, 0.2) is 0 Å². The highest BCUT2D eigenvalue weighted by Gasteiger charge is 2.25. The summed E-state index contributed by atoms with van der Waals surface area (Å²) in [4.78, 5) is 24.1. The van der Waals surface area contributed by atoms with Crippen LogP contribution in [0.5, 0.6) is 0 Å². The number of rotatable bonds is 7. The van der Waals surface area contributed by atoms with Crippen molar-refractivity contribution in [3.8, 4) is 11.1 Å². The fourth-order valence-corrected chi connectivity index (χ4v) is 3.62. The van der Waals surface area contributed by atoms with Crippen molar-refractivity contribution < 1.29 is 18.7 Å². The van der Waals surface area contributed by atoms with Gasteiger partial charge >= 0.3 is 5.97 Å². The number of hydrogen-bond acceptors (Lipinski definition) is 3. The maximum atomic E-state index is 13.9. The molecule has 6 heteroatoms. The SMILES string of the molecule is COC(=O)CCc1c(-c2cccc(F)c2)c(C(N)=O)c(C)n1Cc1ccccc1. The summed E-state index contributed by atoms with van der Waals surface area (Å²) in [6.07, 6.45) is 0.467. The molecule has 2 N–H and O–H groups in total. The Morgan fingerprint density at radius 2 is 1.83 bits per heavy atom. The molecule has 0 aliphatic heterocycles. The molecule has 5 nitrogen and oxygen atoms in total. The Labute approximate surface area is 168 Å². The first-order valence-electron chi connectivity index (χ1n) is 9.30. The van der Waals surface area contributed by atoms with E-state index in [0.717, 1.165) is 11.3 Å². The minimum absolute atomic E-state index is 0.134. The molecule has 0 radical (unpaired) electrons. The molecule has 0 bridgehead atoms. The van der Waals surface area contributed by atoms with Crippen LogP contribution in [0.1, 0.15) is 33.7 Å². The number of nitrogens with zero attached hydrogens (tertiary/aromatic N) is 1. The molecule has 0 spiro atoms. The predicted molar refractivity (Wildman–Crippen MR) is 109 cm³/mol. The van der Waals surface area contributed by atoms with Crippen molar-refractivity contribution in [2.24, 2.45) is 5.73 Å². The van der Waals surface area contributed by atoms with Gasteiger partial charge in [0.1, 0.15) is 5.82 Å². The van der Waals surface area contributed by atoms with E-state index in [4.69, 9.17) is 10.5 Å². The molecule has 0 fully saturated rings. The van der Waals surface area contributed by atoms with Crippen LogP contribution < -0.4 is 5.73 Å². The minimum Gasteiger partial charge on any atom is -0.469 e. The summed E-state index contributed by atoms with van der Waals surface area (Å²) in [6.45, 7) is 2.31. The molecule has 2 aromatic carbocycles. The van der Waals surface area contributed by atoms with Gasteiger partial charge < -0.3 is 15.0 Å². The third-order valence-corrected chi connectivity index (χ3v) is 4.97. The molecule has 3 rings (SSSR count). The van der Waals surface area contributed by atoms with Gasteiger partial charge in [0.2, 0.25) is 0 Å². The van der Waals surface area contributed by atoms with Gasteiger partial charge in [0, 0.05) is 23.5 Å². The number of nitrogens with two attached hydrogens (primary N) is 1. The molecule has 0 aliphatic rings. The van der Waals surface area contributed by atoms with Crippen molar-refractivity contribution in [1.29, 1.82) is 0 Å². The lowest BCUT2D eigenvalue weighted by Gasteiger charge is -2.13. The van der Waals surface area contributed by atoms with Crippen molar-refractivity contribution in [1.82, 2.24) is 4.57 Å². The van der Waals surface area contributed by atoms with E-state index in [1.807, 2.05) is 41.8 Å². The predicted octanol–water partition coefficient (Wildman–Crippen LogP) is 3.86. The van der Waals surface area contributed by atoms with Gasteiger partial charge in [-0.05, 0) is 36.6 Å². The van der Waals surface area contributed by atoms with Crippen LogP contribution in [-0.2, 0) is 22.5 Å². The van der Waals surface area contributed by atoms with Gasteiger partial charge in [-0.1, -0.05) is 42.5 Å². The number of benzene rings is 2. The van der Waals surface area contributed by atoms with Crippen LogP contribution in [0.15, 0.2) is 54.6 Å². The monoisotopic (exact) mass is 394 g/mol. The zero-order valence-corrected chi connectivity index (χ0v) is 16.4. The molecule has 0 atom stereocenters. The zero-order chi connectivity index (χ0) is 21.0. The highest BCUT2D eigenvalue weighted by atomic mass is 19.1. The normalized spacial score (nSPS) is 10.7. The Hall–Kier alpha value is -3.41. The van der Waals surface area contributed by atoms with E-state index in [9.17, 15) is 14.0 Å². The second-order valence-electron chi connectivity index (χ2n) is 6.80. The average Bonchev–Trinajstić information content (AvgIpc) is 2.98. The first-order valence-corrected chi connectivity index (χ1v) is 9.30. The fourth-order valence-electron chi connectivity index (χ4n) is 3.62. The summed E-state index contributed by atoms with van der Waals surface area (Å²) in [7, 11) is 1.33. The van der Waals surface area contributed by atoms with E-state index in [1.54, 1.807) is 12.1 Å². The summed E-state index contributed by atoms with van der Waals surface area (Å²) in [6, 6.07) is 15.8. The molecule has 150 valence electrons. The van der Waals surface area contributed by atoms with Crippen LogP contribution in [0.25, 0.3) is 11.1 Å². The molecule has 0 unspecified atom stereocenters. The highest BCUT2D eigenvalue weighted by Crippen LogP contribution is 2.34. The van der Waals surface area contributed by atoms with Crippen LogP contribution >= 0.6 is 0 Å². The number of primary amides is 1. The van der Waals surface area contributed by atoms with E-state index in [-0.39, 0.29) is 12.4 Å². The molecular formula is C23H23FN2O3.